The van der Waals surface area contributed by atoms with Crippen molar-refractivity contribution in [3.8, 4) is 23.3 Å². The second kappa shape index (κ2) is 7.91. The van der Waals surface area contributed by atoms with Gasteiger partial charge in [0.1, 0.15) is 11.5 Å². The van der Waals surface area contributed by atoms with Crippen molar-refractivity contribution in [3.05, 3.63) is 95.1 Å². The maximum Gasteiger partial charge on any atom is 0.248 e. The van der Waals surface area contributed by atoms with Crippen molar-refractivity contribution in [1.29, 1.82) is 0 Å². The van der Waals surface area contributed by atoms with Gasteiger partial charge in [0, 0.05) is 22.3 Å². The van der Waals surface area contributed by atoms with Crippen molar-refractivity contribution < 1.29 is 14.3 Å². The molecular weight excluding hydrogens is 364 g/mol. The van der Waals surface area contributed by atoms with Crippen molar-refractivity contribution >= 4 is 11.8 Å². The summed E-state index contributed by atoms with van der Waals surface area (Å²) in [6.07, 6.45) is 0. The minimum absolute atomic E-state index is 0.133. The normalized spacial score (nSPS) is 11.9. The Kier molecular flexibility index (Phi) is 5.00. The highest BCUT2D eigenvalue weighted by molar-refractivity contribution is 5.92. The minimum atomic E-state index is -0.478. The van der Waals surface area contributed by atoms with Crippen LogP contribution in [-0.4, -0.2) is 18.4 Å². The molecule has 1 heterocycles. The lowest BCUT2D eigenvalue weighted by atomic mass is 9.87. The molecule has 0 spiro atoms. The fourth-order valence-corrected chi connectivity index (χ4v) is 3.29. The average Bonchev–Trinajstić information content (AvgIpc) is 2.75. The summed E-state index contributed by atoms with van der Waals surface area (Å²) >= 11 is 0. The molecule has 0 aromatic heterocycles. The lowest BCUT2D eigenvalue weighted by Gasteiger charge is -2.27. The molecule has 29 heavy (non-hydrogen) atoms. The van der Waals surface area contributed by atoms with Crippen molar-refractivity contribution in [2.24, 2.45) is 5.73 Å². The molecule has 0 unspecified atom stereocenters. The Hall–Kier alpha value is -4.04. The Bertz CT molecular complexity index is 1100. The largest absolute Gasteiger partial charge is 0.457 e. The first-order valence-electron chi connectivity index (χ1n) is 9.15. The van der Waals surface area contributed by atoms with E-state index in [2.05, 4.69) is 17.2 Å². The highest BCUT2D eigenvalue weighted by atomic mass is 16.5. The monoisotopic (exact) mass is 382 g/mol. The zero-order valence-corrected chi connectivity index (χ0v) is 15.5. The SMILES string of the molecule is NC(=O)c1ccc(C#CCNC(=O)C2c3ccccc3Oc3ccccc32)cc1. The van der Waals surface area contributed by atoms with E-state index in [1.165, 1.54) is 0 Å². The van der Waals surface area contributed by atoms with Crippen molar-refractivity contribution in [1.82, 2.24) is 5.32 Å². The number of carbonyl (C=O) groups excluding carboxylic acids is 2. The molecule has 3 aromatic carbocycles. The summed E-state index contributed by atoms with van der Waals surface area (Å²) in [5, 5.41) is 2.89. The fraction of sp³-hybridized carbons (Fsp3) is 0.0833. The third kappa shape index (κ3) is 3.83. The van der Waals surface area contributed by atoms with E-state index in [0.717, 1.165) is 16.7 Å². The molecule has 142 valence electrons. The summed E-state index contributed by atoms with van der Waals surface area (Å²) in [6, 6.07) is 21.8. The number of fused-ring (bicyclic) bond motifs is 2. The molecule has 4 rings (SSSR count). The summed E-state index contributed by atoms with van der Waals surface area (Å²) in [4.78, 5) is 24.1. The number of hydrogen-bond donors (Lipinski definition) is 2. The van der Waals surface area contributed by atoms with Crippen molar-refractivity contribution in [3.63, 3.8) is 0 Å². The van der Waals surface area contributed by atoms with Crippen LogP contribution >= 0.6 is 0 Å². The van der Waals surface area contributed by atoms with Crippen LogP contribution in [0.3, 0.4) is 0 Å². The highest BCUT2D eigenvalue weighted by Gasteiger charge is 2.31. The van der Waals surface area contributed by atoms with Gasteiger partial charge in [-0.15, -0.1) is 0 Å². The van der Waals surface area contributed by atoms with E-state index in [1.807, 2.05) is 48.5 Å². The van der Waals surface area contributed by atoms with Gasteiger partial charge in [-0.2, -0.15) is 0 Å². The minimum Gasteiger partial charge on any atom is -0.457 e. The van der Waals surface area contributed by atoms with Gasteiger partial charge in [0.25, 0.3) is 0 Å². The third-order valence-corrected chi connectivity index (χ3v) is 4.70. The first kappa shape index (κ1) is 18.3. The maximum atomic E-state index is 13.0. The van der Waals surface area contributed by atoms with E-state index in [1.54, 1.807) is 24.3 Å². The Morgan fingerprint density at radius 3 is 2.07 bits per heavy atom. The van der Waals surface area contributed by atoms with Gasteiger partial charge in [-0.25, -0.2) is 0 Å². The molecule has 1 aliphatic rings. The predicted octanol–water partition coefficient (Wildman–Crippen LogP) is 3.19. The number of nitrogens with two attached hydrogens (primary N) is 1. The van der Waals surface area contributed by atoms with E-state index in [-0.39, 0.29) is 12.5 Å². The summed E-state index contributed by atoms with van der Waals surface area (Å²) in [7, 11) is 0. The molecule has 0 saturated heterocycles. The Morgan fingerprint density at radius 2 is 1.48 bits per heavy atom. The fourth-order valence-electron chi connectivity index (χ4n) is 3.29. The second-order valence-electron chi connectivity index (χ2n) is 6.57. The lowest BCUT2D eigenvalue weighted by molar-refractivity contribution is -0.121. The van der Waals surface area contributed by atoms with Crippen LogP contribution in [0.2, 0.25) is 0 Å². The Balaban J connectivity index is 1.49. The van der Waals surface area contributed by atoms with Crippen LogP contribution in [0.25, 0.3) is 0 Å². The molecular formula is C24H18N2O3. The molecule has 0 radical (unpaired) electrons. The van der Waals surface area contributed by atoms with Gasteiger partial charge in [0.15, 0.2) is 0 Å². The second-order valence-corrected chi connectivity index (χ2v) is 6.57. The summed E-state index contributed by atoms with van der Waals surface area (Å²) in [5.74, 6) is 6.22. The molecule has 1 aliphatic heterocycles. The summed E-state index contributed by atoms with van der Waals surface area (Å²) < 4.78 is 5.93. The average molecular weight is 382 g/mol. The van der Waals surface area contributed by atoms with Crippen molar-refractivity contribution in [2.45, 2.75) is 5.92 Å². The van der Waals surface area contributed by atoms with Crippen LogP contribution in [0.5, 0.6) is 11.5 Å². The van der Waals surface area contributed by atoms with Crippen LogP contribution in [0.1, 0.15) is 33.0 Å². The number of hydrogen-bond acceptors (Lipinski definition) is 3. The van der Waals surface area contributed by atoms with Crippen LogP contribution < -0.4 is 15.8 Å². The Labute approximate surface area is 168 Å². The quantitative estimate of drug-likeness (QED) is 0.683. The number of benzene rings is 3. The van der Waals surface area contributed by atoms with E-state index < -0.39 is 11.8 Å². The number of amides is 2. The zero-order valence-electron chi connectivity index (χ0n) is 15.5. The van der Waals surface area contributed by atoms with Crippen molar-refractivity contribution in [2.75, 3.05) is 6.54 Å². The number of para-hydroxylation sites is 2. The molecule has 0 bridgehead atoms. The van der Waals surface area contributed by atoms with Crippen LogP contribution in [-0.2, 0) is 4.79 Å². The molecule has 3 N–H and O–H groups in total. The van der Waals surface area contributed by atoms with E-state index in [9.17, 15) is 9.59 Å². The molecule has 0 saturated carbocycles. The number of ether oxygens (including phenoxy) is 1. The molecule has 5 heteroatoms. The van der Waals surface area contributed by atoms with E-state index in [4.69, 9.17) is 10.5 Å². The van der Waals surface area contributed by atoms with Gasteiger partial charge in [-0.3, -0.25) is 9.59 Å². The van der Waals surface area contributed by atoms with Gasteiger partial charge in [0.05, 0.1) is 12.5 Å². The van der Waals surface area contributed by atoms with Gasteiger partial charge >= 0.3 is 0 Å². The first-order chi connectivity index (χ1) is 14.1. The molecule has 0 atom stereocenters. The van der Waals surface area contributed by atoms with E-state index >= 15 is 0 Å². The first-order valence-corrected chi connectivity index (χ1v) is 9.15. The van der Waals surface area contributed by atoms with Crippen LogP contribution in [0.15, 0.2) is 72.8 Å². The number of rotatable bonds is 3. The van der Waals surface area contributed by atoms with Gasteiger partial charge in [-0.05, 0) is 36.4 Å². The molecule has 3 aromatic rings. The molecule has 0 fully saturated rings. The smallest absolute Gasteiger partial charge is 0.248 e. The molecule has 2 amide bonds. The topological polar surface area (TPSA) is 81.4 Å². The maximum absolute atomic E-state index is 13.0. The lowest BCUT2D eigenvalue weighted by Crippen LogP contribution is -2.31. The van der Waals surface area contributed by atoms with Gasteiger partial charge < -0.3 is 15.8 Å². The van der Waals surface area contributed by atoms with Gasteiger partial charge in [-0.1, -0.05) is 48.2 Å². The molecule has 5 nitrogen and oxygen atoms in total. The summed E-state index contributed by atoms with van der Waals surface area (Å²) in [5.41, 5.74) is 8.06. The van der Waals surface area contributed by atoms with Crippen LogP contribution in [0, 0.1) is 11.8 Å². The predicted molar refractivity (Wildman–Crippen MR) is 110 cm³/mol. The zero-order chi connectivity index (χ0) is 20.2. The highest BCUT2D eigenvalue weighted by Crippen LogP contribution is 2.43. The summed E-state index contributed by atoms with van der Waals surface area (Å²) in [6.45, 7) is 0.206. The standard InChI is InChI=1S/C24H18N2O3/c25-23(27)17-13-11-16(12-14-17)6-5-15-26-24(28)22-18-7-1-3-9-20(18)29-21-10-4-2-8-19(21)22/h1-4,7-14,22H,15H2,(H2,25,27)(H,26,28). The number of nitrogens with one attached hydrogen (secondary N) is 1. The number of carbonyl (C=O) groups is 2. The van der Waals surface area contributed by atoms with Crippen LogP contribution in [0.4, 0.5) is 0 Å². The van der Waals surface area contributed by atoms with Gasteiger partial charge in [0.2, 0.25) is 11.8 Å². The third-order valence-electron chi connectivity index (χ3n) is 4.70. The van der Waals surface area contributed by atoms with E-state index in [0.29, 0.717) is 17.1 Å². The molecule has 0 aliphatic carbocycles. The number of primary amides is 1. The Morgan fingerprint density at radius 1 is 0.897 bits per heavy atom.